The van der Waals surface area contributed by atoms with Crippen molar-refractivity contribution in [1.82, 2.24) is 15.1 Å². The van der Waals surface area contributed by atoms with Gasteiger partial charge in [0, 0.05) is 13.0 Å². The number of likely N-dealkylation sites (N-methyl/N-ethyl adjacent to an activating group) is 1. The molecule has 0 saturated carbocycles. The molecule has 130 valence electrons. The number of piperidine rings is 1. The Hall–Kier alpha value is -1.47. The summed E-state index contributed by atoms with van der Waals surface area (Å²) in [6, 6.07) is -0.477. The molecule has 2 rings (SSSR count). The van der Waals surface area contributed by atoms with Crippen molar-refractivity contribution in [2.45, 2.75) is 38.1 Å². The second kappa shape index (κ2) is 8.40. The van der Waals surface area contributed by atoms with Crippen LogP contribution < -0.4 is 11.1 Å². The first-order valence-electron chi connectivity index (χ1n) is 8.52. The summed E-state index contributed by atoms with van der Waals surface area (Å²) in [5.41, 5.74) is 5.55. The van der Waals surface area contributed by atoms with E-state index in [1.54, 1.807) is 7.05 Å². The number of Topliss-reactive ketones (excluding diaryl/α,β-unsaturated/α-hetero) is 1. The van der Waals surface area contributed by atoms with Gasteiger partial charge in [-0.05, 0) is 51.7 Å². The summed E-state index contributed by atoms with van der Waals surface area (Å²) in [6.07, 6.45) is 3.84. The van der Waals surface area contributed by atoms with Crippen molar-refractivity contribution in [2.75, 3.05) is 39.8 Å². The summed E-state index contributed by atoms with van der Waals surface area (Å²) in [5.74, 6) is -0.130. The van der Waals surface area contributed by atoms with Crippen LogP contribution in [0.1, 0.15) is 32.1 Å². The summed E-state index contributed by atoms with van der Waals surface area (Å²) >= 11 is 0. The molecule has 23 heavy (non-hydrogen) atoms. The maximum atomic E-state index is 12.9. The lowest BCUT2D eigenvalue weighted by Gasteiger charge is -2.38. The molecule has 0 unspecified atom stereocenters. The molecule has 7 nitrogen and oxygen atoms in total. The van der Waals surface area contributed by atoms with E-state index in [9.17, 15) is 14.4 Å². The van der Waals surface area contributed by atoms with Crippen LogP contribution in [0.15, 0.2) is 0 Å². The molecule has 2 heterocycles. The highest BCUT2D eigenvalue weighted by molar-refractivity contribution is 5.97. The van der Waals surface area contributed by atoms with Gasteiger partial charge in [-0.25, -0.2) is 0 Å². The van der Waals surface area contributed by atoms with E-state index in [0.717, 1.165) is 38.8 Å². The number of ketones is 1. The molecule has 2 saturated heterocycles. The number of nitrogens with one attached hydrogen (secondary N) is 1. The predicted molar refractivity (Wildman–Crippen MR) is 86.6 cm³/mol. The highest BCUT2D eigenvalue weighted by Crippen LogP contribution is 2.22. The van der Waals surface area contributed by atoms with Gasteiger partial charge in [-0.3, -0.25) is 14.4 Å². The quantitative estimate of drug-likeness (QED) is 0.607. The van der Waals surface area contributed by atoms with Crippen molar-refractivity contribution >= 4 is 17.6 Å². The summed E-state index contributed by atoms with van der Waals surface area (Å²) in [6.45, 7) is 2.32. The number of nitrogens with two attached hydrogens (primary N) is 1. The number of hydrogen-bond acceptors (Lipinski definition) is 5. The van der Waals surface area contributed by atoms with E-state index in [0.29, 0.717) is 13.0 Å². The number of piperazine rings is 1. The molecule has 2 amide bonds. The van der Waals surface area contributed by atoms with Gasteiger partial charge in [0.25, 0.3) is 0 Å². The third-order valence-corrected chi connectivity index (χ3v) is 4.80. The Morgan fingerprint density at radius 2 is 1.91 bits per heavy atom. The second-order valence-corrected chi connectivity index (χ2v) is 6.50. The zero-order chi connectivity index (χ0) is 16.8. The Morgan fingerprint density at radius 3 is 2.57 bits per heavy atom. The molecule has 0 bridgehead atoms. The fourth-order valence-corrected chi connectivity index (χ4v) is 3.33. The van der Waals surface area contributed by atoms with Gasteiger partial charge in [0.15, 0.2) is 5.78 Å². The third kappa shape index (κ3) is 4.51. The zero-order valence-electron chi connectivity index (χ0n) is 13.9. The number of rotatable bonds is 7. The van der Waals surface area contributed by atoms with Crippen molar-refractivity contribution in [1.29, 1.82) is 0 Å². The molecule has 2 aliphatic heterocycles. The molecule has 2 aliphatic rings. The fraction of sp³-hybridized carbons (Fsp3) is 0.812. The third-order valence-electron chi connectivity index (χ3n) is 4.80. The zero-order valence-corrected chi connectivity index (χ0v) is 13.9. The first-order chi connectivity index (χ1) is 11.0. The van der Waals surface area contributed by atoms with Crippen LogP contribution in [0.3, 0.4) is 0 Å². The van der Waals surface area contributed by atoms with Crippen molar-refractivity contribution in [2.24, 2.45) is 11.7 Å². The lowest BCUT2D eigenvalue weighted by molar-refractivity contribution is -0.154. The van der Waals surface area contributed by atoms with E-state index in [1.165, 1.54) is 9.80 Å². The number of carbonyl (C=O) groups is 3. The number of nitrogens with zero attached hydrogens (tertiary/aromatic N) is 2. The molecule has 0 aliphatic carbocycles. The standard InChI is InChI=1S/C16H28N4O3/c1-19-10-15(22)20(11-14(19)21)13(4-2-3-7-17)16(23)12-5-8-18-9-6-12/h12-13,18H,2-11,17H2,1H3/t13-/m0/s1. The normalized spacial score (nSPS) is 21.7. The lowest BCUT2D eigenvalue weighted by Crippen LogP contribution is -2.58. The molecule has 1 atom stereocenters. The smallest absolute Gasteiger partial charge is 0.243 e. The van der Waals surface area contributed by atoms with Crippen LogP contribution in [0, 0.1) is 5.92 Å². The maximum absolute atomic E-state index is 12.9. The lowest BCUT2D eigenvalue weighted by atomic mass is 9.87. The first kappa shape index (κ1) is 17.9. The summed E-state index contributed by atoms with van der Waals surface area (Å²) in [5, 5.41) is 3.25. The Bertz CT molecular complexity index is 449. The molecule has 0 spiro atoms. The number of carbonyl (C=O) groups excluding carboxylic acids is 3. The van der Waals surface area contributed by atoms with Crippen molar-refractivity contribution in [3.63, 3.8) is 0 Å². The van der Waals surface area contributed by atoms with Crippen LogP contribution in [0.4, 0.5) is 0 Å². The number of hydrogen-bond donors (Lipinski definition) is 2. The van der Waals surface area contributed by atoms with Crippen molar-refractivity contribution < 1.29 is 14.4 Å². The van der Waals surface area contributed by atoms with Crippen LogP contribution in [0.5, 0.6) is 0 Å². The predicted octanol–water partition coefficient (Wildman–Crippen LogP) is -0.647. The van der Waals surface area contributed by atoms with Crippen molar-refractivity contribution in [3.8, 4) is 0 Å². The number of unbranched alkanes of at least 4 members (excludes halogenated alkanes) is 1. The summed E-state index contributed by atoms with van der Waals surface area (Å²) in [4.78, 5) is 40.2. The average Bonchev–Trinajstić information content (AvgIpc) is 2.56. The van der Waals surface area contributed by atoms with E-state index >= 15 is 0 Å². The van der Waals surface area contributed by atoms with E-state index in [1.807, 2.05) is 0 Å². The van der Waals surface area contributed by atoms with E-state index < -0.39 is 6.04 Å². The Kier molecular flexibility index (Phi) is 6.53. The maximum Gasteiger partial charge on any atom is 0.243 e. The average molecular weight is 324 g/mol. The van der Waals surface area contributed by atoms with Gasteiger partial charge < -0.3 is 20.9 Å². The molecule has 0 aromatic heterocycles. The highest BCUT2D eigenvalue weighted by atomic mass is 16.2. The Balaban J connectivity index is 2.10. The molecule has 7 heteroatoms. The topological polar surface area (TPSA) is 95.7 Å². The first-order valence-corrected chi connectivity index (χ1v) is 8.52. The minimum Gasteiger partial charge on any atom is -0.335 e. The van der Waals surface area contributed by atoms with Crippen LogP contribution in [0.2, 0.25) is 0 Å². The summed E-state index contributed by atoms with van der Waals surface area (Å²) in [7, 11) is 1.62. The molecule has 0 aromatic carbocycles. The van der Waals surface area contributed by atoms with E-state index in [2.05, 4.69) is 5.32 Å². The Labute approximate surface area is 137 Å². The highest BCUT2D eigenvalue weighted by Gasteiger charge is 2.38. The van der Waals surface area contributed by atoms with Crippen LogP contribution in [-0.2, 0) is 14.4 Å². The van der Waals surface area contributed by atoms with Crippen LogP contribution in [0.25, 0.3) is 0 Å². The van der Waals surface area contributed by atoms with Crippen LogP contribution >= 0.6 is 0 Å². The SMILES string of the molecule is CN1CC(=O)N([C@@H](CCCCN)C(=O)C2CCNCC2)CC1=O. The van der Waals surface area contributed by atoms with Gasteiger partial charge in [-0.2, -0.15) is 0 Å². The van der Waals surface area contributed by atoms with Gasteiger partial charge in [0.1, 0.15) is 6.54 Å². The van der Waals surface area contributed by atoms with Gasteiger partial charge in [0.05, 0.1) is 12.6 Å². The molecular weight excluding hydrogens is 296 g/mol. The van der Waals surface area contributed by atoms with E-state index in [-0.39, 0.29) is 36.6 Å². The molecule has 2 fully saturated rings. The van der Waals surface area contributed by atoms with E-state index in [4.69, 9.17) is 5.73 Å². The number of amides is 2. The minimum absolute atomic E-state index is 0.0123. The van der Waals surface area contributed by atoms with Gasteiger partial charge in [0.2, 0.25) is 11.8 Å². The van der Waals surface area contributed by atoms with Gasteiger partial charge >= 0.3 is 0 Å². The fourth-order valence-electron chi connectivity index (χ4n) is 3.33. The summed E-state index contributed by atoms with van der Waals surface area (Å²) < 4.78 is 0. The van der Waals surface area contributed by atoms with Gasteiger partial charge in [-0.15, -0.1) is 0 Å². The van der Waals surface area contributed by atoms with Crippen molar-refractivity contribution in [3.05, 3.63) is 0 Å². The minimum atomic E-state index is -0.477. The molecular formula is C16H28N4O3. The molecule has 3 N–H and O–H groups in total. The van der Waals surface area contributed by atoms with Gasteiger partial charge in [-0.1, -0.05) is 0 Å². The molecule has 0 aromatic rings. The largest absolute Gasteiger partial charge is 0.335 e. The monoisotopic (exact) mass is 324 g/mol. The Morgan fingerprint density at radius 1 is 1.22 bits per heavy atom. The van der Waals surface area contributed by atoms with Crippen LogP contribution in [-0.4, -0.2) is 73.2 Å². The second-order valence-electron chi connectivity index (χ2n) is 6.50. The molecule has 0 radical (unpaired) electrons.